The van der Waals surface area contributed by atoms with Crippen LogP contribution in [0.4, 0.5) is 4.39 Å². The molecule has 8 nitrogen and oxygen atoms in total. The van der Waals surface area contributed by atoms with Crippen molar-refractivity contribution in [3.05, 3.63) is 105 Å². The van der Waals surface area contributed by atoms with Crippen molar-refractivity contribution in [3.8, 4) is 0 Å². The van der Waals surface area contributed by atoms with E-state index in [0.717, 1.165) is 22.3 Å². The van der Waals surface area contributed by atoms with Crippen LogP contribution in [0.2, 0.25) is 10.0 Å². The fourth-order valence-corrected chi connectivity index (χ4v) is 5.69. The number of piperazine rings is 1. The second kappa shape index (κ2) is 15.2. The van der Waals surface area contributed by atoms with Crippen LogP contribution in [0.25, 0.3) is 0 Å². The number of primary amides is 1. The lowest BCUT2D eigenvalue weighted by molar-refractivity contribution is -0.158. The molecular formula is C33H35Cl2FN4O4. The van der Waals surface area contributed by atoms with Crippen LogP contribution in [0, 0.1) is 12.7 Å². The maximum atomic E-state index is 13.8. The first-order chi connectivity index (χ1) is 21.0. The van der Waals surface area contributed by atoms with Crippen molar-refractivity contribution in [1.82, 2.24) is 14.7 Å². The molecule has 3 aromatic rings. The molecule has 3 aromatic carbocycles. The Bertz CT molecular complexity index is 1500. The quantitative estimate of drug-likeness (QED) is 0.302. The van der Waals surface area contributed by atoms with E-state index in [4.69, 9.17) is 28.9 Å². The fourth-order valence-electron chi connectivity index (χ4n) is 5.19. The molecule has 0 saturated carbocycles. The van der Waals surface area contributed by atoms with Crippen molar-refractivity contribution >= 4 is 46.8 Å². The van der Waals surface area contributed by atoms with Gasteiger partial charge in [-0.05, 0) is 67.1 Å². The standard InChI is InChI=1S/C33H35Cl2FN4O4/c1-22-2-4-23(5-3-22)12-15-39-21-32(43)40(17-13-24-6-10-27(36)11-7-24)29(33(39)44)19-31(42)38(20-30(37)41)16-14-25-8-9-26(34)18-28(25)35/h2-11,18,29H,12-17,19-21H2,1H3,(H2,37,41). The Labute approximate surface area is 266 Å². The highest BCUT2D eigenvalue weighted by Crippen LogP contribution is 2.23. The number of nitrogens with zero attached hydrogens (tertiary/aromatic N) is 3. The first-order valence-electron chi connectivity index (χ1n) is 14.4. The second-order valence-corrected chi connectivity index (χ2v) is 11.8. The van der Waals surface area contributed by atoms with Crippen LogP contribution in [0.15, 0.2) is 66.7 Å². The Balaban J connectivity index is 1.52. The van der Waals surface area contributed by atoms with Gasteiger partial charge in [-0.1, -0.05) is 71.2 Å². The van der Waals surface area contributed by atoms with Crippen molar-refractivity contribution < 1.29 is 23.6 Å². The highest BCUT2D eigenvalue weighted by Gasteiger charge is 2.40. The molecule has 1 unspecified atom stereocenters. The van der Waals surface area contributed by atoms with E-state index in [1.54, 1.807) is 30.3 Å². The Morgan fingerprint density at radius 1 is 0.932 bits per heavy atom. The number of carbonyl (C=O) groups excluding carboxylic acids is 4. The van der Waals surface area contributed by atoms with Crippen LogP contribution < -0.4 is 5.73 Å². The normalized spacial score (nSPS) is 15.0. The second-order valence-electron chi connectivity index (χ2n) is 10.9. The van der Waals surface area contributed by atoms with Gasteiger partial charge in [0, 0.05) is 29.7 Å². The van der Waals surface area contributed by atoms with E-state index in [2.05, 4.69) is 0 Å². The molecule has 4 amide bonds. The van der Waals surface area contributed by atoms with Gasteiger partial charge in [0.2, 0.25) is 23.6 Å². The molecule has 0 radical (unpaired) electrons. The van der Waals surface area contributed by atoms with Gasteiger partial charge in [0.25, 0.3) is 0 Å². The molecule has 4 rings (SSSR count). The number of carbonyl (C=O) groups is 4. The minimum atomic E-state index is -1.07. The lowest BCUT2D eigenvalue weighted by atomic mass is 10.0. The summed E-state index contributed by atoms with van der Waals surface area (Å²) in [6, 6.07) is 17.8. The molecule has 1 heterocycles. The number of benzene rings is 3. The van der Waals surface area contributed by atoms with Gasteiger partial charge in [-0.25, -0.2) is 4.39 Å². The van der Waals surface area contributed by atoms with Crippen molar-refractivity contribution in [2.24, 2.45) is 5.73 Å². The van der Waals surface area contributed by atoms with E-state index >= 15 is 0 Å². The molecular weight excluding hydrogens is 606 g/mol. The largest absolute Gasteiger partial charge is 0.368 e. The van der Waals surface area contributed by atoms with Gasteiger partial charge in [-0.15, -0.1) is 0 Å². The van der Waals surface area contributed by atoms with Crippen molar-refractivity contribution in [3.63, 3.8) is 0 Å². The summed E-state index contributed by atoms with van der Waals surface area (Å²) in [6.45, 7) is 2.11. The zero-order valence-corrected chi connectivity index (χ0v) is 26.0. The maximum Gasteiger partial charge on any atom is 0.246 e. The molecule has 2 N–H and O–H groups in total. The minimum Gasteiger partial charge on any atom is -0.368 e. The van der Waals surface area contributed by atoms with Crippen molar-refractivity contribution in [2.75, 3.05) is 32.7 Å². The summed E-state index contributed by atoms with van der Waals surface area (Å²) < 4.78 is 13.4. The lowest BCUT2D eigenvalue weighted by Crippen LogP contribution is -2.61. The van der Waals surface area contributed by atoms with Crippen molar-refractivity contribution in [2.45, 2.75) is 38.6 Å². The summed E-state index contributed by atoms with van der Waals surface area (Å²) in [4.78, 5) is 57.0. The van der Waals surface area contributed by atoms with Gasteiger partial charge in [-0.3, -0.25) is 19.2 Å². The molecule has 44 heavy (non-hydrogen) atoms. The molecule has 0 aliphatic carbocycles. The van der Waals surface area contributed by atoms with E-state index in [9.17, 15) is 23.6 Å². The van der Waals surface area contributed by atoms with Crippen LogP contribution >= 0.6 is 23.2 Å². The average Bonchev–Trinajstić information content (AvgIpc) is 2.98. The molecule has 0 spiro atoms. The molecule has 1 aliphatic rings. The maximum absolute atomic E-state index is 13.8. The highest BCUT2D eigenvalue weighted by molar-refractivity contribution is 6.35. The van der Waals surface area contributed by atoms with Gasteiger partial charge in [0.15, 0.2) is 0 Å². The van der Waals surface area contributed by atoms with Gasteiger partial charge < -0.3 is 20.4 Å². The number of amides is 4. The summed E-state index contributed by atoms with van der Waals surface area (Å²) in [5, 5.41) is 0.894. The van der Waals surface area contributed by atoms with E-state index in [1.165, 1.54) is 26.8 Å². The number of hydrogen-bond acceptors (Lipinski definition) is 4. The predicted octanol–water partition coefficient (Wildman–Crippen LogP) is 4.21. The smallest absolute Gasteiger partial charge is 0.246 e. The Hall–Kier alpha value is -3.95. The number of nitrogens with two attached hydrogens (primary N) is 1. The van der Waals surface area contributed by atoms with Crippen LogP contribution in [-0.4, -0.2) is 77.1 Å². The molecule has 1 fully saturated rings. The third-order valence-corrected chi connectivity index (χ3v) is 8.29. The summed E-state index contributed by atoms with van der Waals surface area (Å²) >= 11 is 12.3. The Morgan fingerprint density at radius 3 is 2.20 bits per heavy atom. The van der Waals surface area contributed by atoms with E-state index in [-0.39, 0.29) is 50.2 Å². The van der Waals surface area contributed by atoms with Gasteiger partial charge in [0.05, 0.1) is 19.5 Å². The van der Waals surface area contributed by atoms with Crippen LogP contribution in [0.1, 0.15) is 28.7 Å². The molecule has 11 heteroatoms. The lowest BCUT2D eigenvalue weighted by Gasteiger charge is -2.40. The van der Waals surface area contributed by atoms with Gasteiger partial charge >= 0.3 is 0 Å². The molecule has 1 saturated heterocycles. The molecule has 1 aliphatic heterocycles. The summed E-state index contributed by atoms with van der Waals surface area (Å²) in [6.07, 6.45) is 0.915. The van der Waals surface area contributed by atoms with E-state index in [0.29, 0.717) is 35.9 Å². The monoisotopic (exact) mass is 640 g/mol. The van der Waals surface area contributed by atoms with Crippen LogP contribution in [0.3, 0.4) is 0 Å². The fraction of sp³-hybridized carbons (Fsp3) is 0.333. The zero-order valence-electron chi connectivity index (χ0n) is 24.5. The zero-order chi connectivity index (χ0) is 31.8. The Kier molecular flexibility index (Phi) is 11.4. The molecule has 0 aromatic heterocycles. The summed E-state index contributed by atoms with van der Waals surface area (Å²) in [7, 11) is 0. The first kappa shape index (κ1) is 33.0. The topological polar surface area (TPSA) is 104 Å². The molecule has 0 bridgehead atoms. The first-order valence-corrected chi connectivity index (χ1v) is 15.1. The van der Waals surface area contributed by atoms with E-state index < -0.39 is 17.9 Å². The third kappa shape index (κ3) is 9.03. The Morgan fingerprint density at radius 2 is 1.57 bits per heavy atom. The third-order valence-electron chi connectivity index (χ3n) is 7.70. The number of halogens is 3. The predicted molar refractivity (Wildman–Crippen MR) is 168 cm³/mol. The minimum absolute atomic E-state index is 0.112. The van der Waals surface area contributed by atoms with Crippen LogP contribution in [-0.2, 0) is 38.4 Å². The molecule has 1 atom stereocenters. The number of hydrogen-bond donors (Lipinski definition) is 1. The average molecular weight is 642 g/mol. The van der Waals surface area contributed by atoms with Crippen LogP contribution in [0.5, 0.6) is 0 Å². The van der Waals surface area contributed by atoms with E-state index in [1.807, 2.05) is 31.2 Å². The SMILES string of the molecule is Cc1ccc(CCN2CC(=O)N(CCc3ccc(F)cc3)C(CC(=O)N(CCc3ccc(Cl)cc3Cl)CC(N)=O)C2=O)cc1. The summed E-state index contributed by atoms with van der Waals surface area (Å²) in [5.74, 6) is -2.21. The van der Waals surface area contributed by atoms with Crippen molar-refractivity contribution in [1.29, 1.82) is 0 Å². The highest BCUT2D eigenvalue weighted by atomic mass is 35.5. The number of aryl methyl sites for hydroxylation is 1. The van der Waals surface area contributed by atoms with Gasteiger partial charge in [-0.2, -0.15) is 0 Å². The van der Waals surface area contributed by atoms with Gasteiger partial charge in [0.1, 0.15) is 11.9 Å². The molecule has 232 valence electrons. The number of rotatable bonds is 13. The summed E-state index contributed by atoms with van der Waals surface area (Å²) in [5.41, 5.74) is 9.12.